The largest absolute Gasteiger partial charge is 0.455 e. The molecular formula is C36H50BrN3O7. The van der Waals surface area contributed by atoms with Gasteiger partial charge in [-0.2, -0.15) is 0 Å². The summed E-state index contributed by atoms with van der Waals surface area (Å²) in [6.45, 7) is 17.2. The number of allylic oxidation sites excluding steroid dienone is 1. The van der Waals surface area contributed by atoms with Crippen molar-refractivity contribution in [1.29, 1.82) is 0 Å². The molecule has 1 aromatic rings. The summed E-state index contributed by atoms with van der Waals surface area (Å²) in [5, 5.41) is 13.4. The molecule has 2 N–H and O–H groups in total. The van der Waals surface area contributed by atoms with Crippen molar-refractivity contribution in [2.75, 3.05) is 19.7 Å². The van der Waals surface area contributed by atoms with Gasteiger partial charge in [-0.1, -0.05) is 72.3 Å². The molecule has 3 saturated heterocycles. The molecule has 11 heteroatoms. The Balaban J connectivity index is 1.73. The normalized spacial score (nSPS) is 27.7. The van der Waals surface area contributed by atoms with Gasteiger partial charge in [-0.3, -0.25) is 19.2 Å². The van der Waals surface area contributed by atoms with Gasteiger partial charge in [0, 0.05) is 23.3 Å². The van der Waals surface area contributed by atoms with E-state index in [1.807, 2.05) is 65.0 Å². The lowest BCUT2D eigenvalue weighted by Crippen LogP contribution is -2.62. The number of alkyl halides is 1. The number of rotatable bonds is 15. The quantitative estimate of drug-likeness (QED) is 0.157. The number of hydrogen-bond donors (Lipinski definition) is 2. The van der Waals surface area contributed by atoms with E-state index >= 15 is 0 Å². The number of nitrogens with one attached hydrogen (secondary N) is 1. The summed E-state index contributed by atoms with van der Waals surface area (Å²) in [6.07, 6.45) is 3.35. The number of ether oxygens (including phenoxy) is 2. The molecule has 0 aromatic heterocycles. The molecule has 4 rings (SSSR count). The average Bonchev–Trinajstić information content (AvgIpc) is 3.62. The Hall–Kier alpha value is -3.02. The zero-order valence-electron chi connectivity index (χ0n) is 28.2. The van der Waals surface area contributed by atoms with Crippen molar-refractivity contribution in [3.05, 3.63) is 61.2 Å². The number of hydrogen-bond acceptors (Lipinski definition) is 7. The predicted molar refractivity (Wildman–Crippen MR) is 182 cm³/mol. The number of carbonyl (C=O) groups is 4. The lowest BCUT2D eigenvalue weighted by Gasteiger charge is -2.43. The number of nitrogens with zero attached hydrogens (tertiary/aromatic N) is 2. The van der Waals surface area contributed by atoms with E-state index in [0.717, 1.165) is 0 Å². The van der Waals surface area contributed by atoms with Crippen LogP contribution >= 0.6 is 15.9 Å². The highest BCUT2D eigenvalue weighted by atomic mass is 79.9. The predicted octanol–water partition coefficient (Wildman–Crippen LogP) is 4.32. The second-order valence-electron chi connectivity index (χ2n) is 14.3. The van der Waals surface area contributed by atoms with Crippen LogP contribution < -0.4 is 5.32 Å². The average molecular weight is 717 g/mol. The summed E-state index contributed by atoms with van der Waals surface area (Å²) < 4.78 is 12.8. The van der Waals surface area contributed by atoms with Crippen LogP contribution in [0.1, 0.15) is 72.0 Å². The molecule has 1 unspecified atom stereocenters. The standard InChI is InChI=1S/C36H50BrN3O7/c1-8-10-16-27(42)38-20-26(23-14-12-11-13-15-23)46-34(45)28-29-32(43)40(24(21-41)18-22(3)4)31(36(29)19-25(37)30(28)47-36)33(44)39(17-9-2)35(5,6)7/h8-9,11-15,22,24-26,28-31,41H,1-2,10,16-21H2,3-7H3,(H,38,42)/t24-,25?,26-,28+,29-,30+,31+,36-/m1/s1. The summed E-state index contributed by atoms with van der Waals surface area (Å²) >= 11 is 3.72. The maximum absolute atomic E-state index is 14.7. The van der Waals surface area contributed by atoms with E-state index in [4.69, 9.17) is 9.47 Å². The summed E-state index contributed by atoms with van der Waals surface area (Å²) in [5.41, 5.74) is -1.23. The van der Waals surface area contributed by atoms with Crippen molar-refractivity contribution in [2.45, 2.75) is 101 Å². The minimum absolute atomic E-state index is 0.0434. The van der Waals surface area contributed by atoms with Crippen LogP contribution in [0, 0.1) is 17.8 Å². The first-order chi connectivity index (χ1) is 22.2. The zero-order chi connectivity index (χ0) is 34.7. The molecule has 0 radical (unpaired) electrons. The number of likely N-dealkylation sites (tertiary alicyclic amines) is 1. The van der Waals surface area contributed by atoms with Crippen LogP contribution in [0.3, 0.4) is 0 Å². The second-order valence-corrected chi connectivity index (χ2v) is 15.4. The molecule has 3 fully saturated rings. The van der Waals surface area contributed by atoms with E-state index in [1.165, 1.54) is 4.90 Å². The van der Waals surface area contributed by atoms with Crippen LogP contribution in [-0.4, -0.2) is 92.4 Å². The number of halogens is 1. The van der Waals surface area contributed by atoms with Crippen molar-refractivity contribution in [1.82, 2.24) is 15.1 Å². The topological polar surface area (TPSA) is 125 Å². The Morgan fingerprint density at radius 3 is 2.47 bits per heavy atom. The molecule has 1 spiro atoms. The van der Waals surface area contributed by atoms with E-state index in [1.54, 1.807) is 17.1 Å². The van der Waals surface area contributed by atoms with Gasteiger partial charge in [0.2, 0.25) is 17.7 Å². The zero-order valence-corrected chi connectivity index (χ0v) is 29.8. The van der Waals surface area contributed by atoms with E-state index in [9.17, 15) is 24.3 Å². The van der Waals surface area contributed by atoms with Gasteiger partial charge in [-0.05, 0) is 51.5 Å². The molecule has 3 amide bonds. The lowest BCUT2D eigenvalue weighted by molar-refractivity contribution is -0.161. The molecule has 1 aromatic carbocycles. The van der Waals surface area contributed by atoms with Crippen LogP contribution in [0.2, 0.25) is 0 Å². The molecule has 47 heavy (non-hydrogen) atoms. The first-order valence-corrected chi connectivity index (χ1v) is 17.4. The third kappa shape index (κ3) is 7.37. The van der Waals surface area contributed by atoms with Crippen LogP contribution in [-0.2, 0) is 28.7 Å². The van der Waals surface area contributed by atoms with Gasteiger partial charge in [0.1, 0.15) is 17.7 Å². The minimum atomic E-state index is -1.31. The summed E-state index contributed by atoms with van der Waals surface area (Å²) in [4.78, 5) is 58.9. The van der Waals surface area contributed by atoms with Gasteiger partial charge >= 0.3 is 5.97 Å². The molecule has 258 valence electrons. The first-order valence-electron chi connectivity index (χ1n) is 16.5. The minimum Gasteiger partial charge on any atom is -0.455 e. The van der Waals surface area contributed by atoms with E-state index in [-0.39, 0.29) is 48.7 Å². The summed E-state index contributed by atoms with van der Waals surface area (Å²) in [7, 11) is 0. The second kappa shape index (κ2) is 15.0. The smallest absolute Gasteiger partial charge is 0.313 e. The summed E-state index contributed by atoms with van der Waals surface area (Å²) in [6, 6.07) is 7.40. The van der Waals surface area contributed by atoms with E-state index < -0.39 is 59.1 Å². The highest BCUT2D eigenvalue weighted by Gasteiger charge is 2.77. The number of amides is 3. The lowest BCUT2D eigenvalue weighted by atomic mass is 9.70. The Labute approximate surface area is 287 Å². The van der Waals surface area contributed by atoms with Crippen molar-refractivity contribution >= 4 is 39.6 Å². The number of aliphatic hydroxyl groups is 1. The number of esters is 1. The third-order valence-electron chi connectivity index (χ3n) is 9.46. The van der Waals surface area contributed by atoms with Crippen molar-refractivity contribution < 1.29 is 33.8 Å². The molecule has 3 heterocycles. The third-order valence-corrected chi connectivity index (χ3v) is 10.3. The maximum Gasteiger partial charge on any atom is 0.313 e. The molecule has 2 bridgehead atoms. The number of benzene rings is 1. The van der Waals surface area contributed by atoms with Crippen LogP contribution in [0.4, 0.5) is 0 Å². The Morgan fingerprint density at radius 1 is 1.21 bits per heavy atom. The molecule has 0 saturated carbocycles. The van der Waals surface area contributed by atoms with Gasteiger partial charge in [0.25, 0.3) is 0 Å². The molecule has 10 nitrogen and oxygen atoms in total. The van der Waals surface area contributed by atoms with Crippen molar-refractivity contribution in [3.63, 3.8) is 0 Å². The molecule has 0 aliphatic carbocycles. The van der Waals surface area contributed by atoms with Gasteiger partial charge in [-0.15, -0.1) is 13.2 Å². The summed E-state index contributed by atoms with van der Waals surface area (Å²) in [5.74, 6) is -3.42. The fraction of sp³-hybridized carbons (Fsp3) is 0.611. The fourth-order valence-corrected chi connectivity index (χ4v) is 8.39. The highest BCUT2D eigenvalue weighted by molar-refractivity contribution is 9.09. The number of aliphatic hydroxyl groups excluding tert-OH is 1. The number of fused-ring (bicyclic) bond motifs is 1. The van der Waals surface area contributed by atoms with E-state index in [0.29, 0.717) is 24.8 Å². The Bertz CT molecular complexity index is 1330. The molecular weight excluding hydrogens is 666 g/mol. The van der Waals surface area contributed by atoms with Gasteiger partial charge < -0.3 is 29.7 Å². The molecule has 3 aliphatic rings. The Morgan fingerprint density at radius 2 is 1.89 bits per heavy atom. The van der Waals surface area contributed by atoms with Crippen LogP contribution in [0.15, 0.2) is 55.6 Å². The first kappa shape index (κ1) is 36.8. The van der Waals surface area contributed by atoms with Crippen LogP contribution in [0.5, 0.6) is 0 Å². The Kier molecular flexibility index (Phi) is 11.8. The fourth-order valence-electron chi connectivity index (χ4n) is 7.44. The highest BCUT2D eigenvalue weighted by Crippen LogP contribution is 2.61. The van der Waals surface area contributed by atoms with Crippen molar-refractivity contribution in [2.24, 2.45) is 17.8 Å². The van der Waals surface area contributed by atoms with E-state index in [2.05, 4.69) is 34.4 Å². The maximum atomic E-state index is 14.7. The van der Waals surface area contributed by atoms with Gasteiger partial charge in [0.05, 0.1) is 37.1 Å². The van der Waals surface area contributed by atoms with Crippen molar-refractivity contribution in [3.8, 4) is 0 Å². The van der Waals surface area contributed by atoms with Gasteiger partial charge in [-0.25, -0.2) is 0 Å². The molecule has 3 aliphatic heterocycles. The monoisotopic (exact) mass is 715 g/mol. The van der Waals surface area contributed by atoms with Crippen LogP contribution in [0.25, 0.3) is 0 Å². The van der Waals surface area contributed by atoms with Gasteiger partial charge in [0.15, 0.2) is 0 Å². The SMILES string of the molecule is C=CCCC(=O)NC[C@@H](OC(=O)[C@@H]1[C@H]2O[C@@]3(CC2Br)[C@H](C(=O)N(CC=C)C(C)(C)C)N([C@@H](CO)CC(C)C)C(=O)[C@@H]13)c1ccccc1. The number of carbonyl (C=O) groups excluding carboxylic acids is 4. The molecule has 8 atom stereocenters.